The fourth-order valence-electron chi connectivity index (χ4n) is 3.30. The lowest BCUT2D eigenvalue weighted by Crippen LogP contribution is -2.12. The number of aromatic nitrogens is 2. The number of halogens is 2. The number of phenolic OH excluding ortho intramolecular Hbond substituents is 1. The number of nitrogens with zero attached hydrogens (tertiary/aromatic N) is 2. The Kier molecular flexibility index (Phi) is 5.31. The summed E-state index contributed by atoms with van der Waals surface area (Å²) >= 11 is 12.9. The molecule has 0 atom stereocenters. The molecule has 0 radical (unpaired) electrons. The van der Waals surface area contributed by atoms with Crippen LogP contribution >= 0.6 is 23.2 Å². The van der Waals surface area contributed by atoms with Gasteiger partial charge in [0.05, 0.1) is 11.1 Å². The summed E-state index contributed by atoms with van der Waals surface area (Å²) in [6.45, 7) is 4.03. The highest BCUT2D eigenvalue weighted by atomic mass is 35.5. The van der Waals surface area contributed by atoms with Gasteiger partial charge in [-0.25, -0.2) is 9.97 Å². The molecule has 4 nitrogen and oxygen atoms in total. The molecule has 0 aliphatic rings. The number of anilines is 1. The van der Waals surface area contributed by atoms with E-state index in [4.69, 9.17) is 23.2 Å². The van der Waals surface area contributed by atoms with Crippen LogP contribution in [0.15, 0.2) is 60.8 Å². The van der Waals surface area contributed by atoms with Gasteiger partial charge in [-0.2, -0.15) is 0 Å². The first-order chi connectivity index (χ1) is 14.0. The summed E-state index contributed by atoms with van der Waals surface area (Å²) in [6, 6.07) is 16.8. The van der Waals surface area contributed by atoms with Crippen LogP contribution in [-0.4, -0.2) is 21.1 Å². The van der Waals surface area contributed by atoms with Crippen molar-refractivity contribution in [2.45, 2.75) is 19.9 Å². The Morgan fingerprint density at radius 3 is 2.14 bits per heavy atom. The normalized spacial score (nSPS) is 11.2. The highest BCUT2D eigenvalue weighted by molar-refractivity contribution is 6.34. The van der Waals surface area contributed by atoms with Gasteiger partial charge in [0, 0.05) is 44.4 Å². The zero-order chi connectivity index (χ0) is 20.5. The van der Waals surface area contributed by atoms with Gasteiger partial charge >= 0.3 is 0 Å². The van der Waals surface area contributed by atoms with Crippen LogP contribution in [0.4, 0.5) is 5.95 Å². The minimum absolute atomic E-state index is 0.0768. The van der Waals surface area contributed by atoms with Crippen molar-refractivity contribution < 1.29 is 5.11 Å². The molecule has 0 unspecified atom stereocenters. The molecule has 0 saturated heterocycles. The van der Waals surface area contributed by atoms with Crippen LogP contribution in [0.3, 0.4) is 0 Å². The van der Waals surface area contributed by atoms with Crippen molar-refractivity contribution in [2.24, 2.45) is 0 Å². The molecule has 0 bridgehead atoms. The van der Waals surface area contributed by atoms with E-state index in [-0.39, 0.29) is 11.8 Å². The van der Waals surface area contributed by atoms with Crippen molar-refractivity contribution in [3.8, 4) is 28.0 Å². The Labute approximate surface area is 179 Å². The van der Waals surface area contributed by atoms with Gasteiger partial charge in [0.2, 0.25) is 5.95 Å². The molecule has 3 aromatic carbocycles. The molecular formula is C23H19Cl2N3O. The Hall–Kier alpha value is -2.82. The van der Waals surface area contributed by atoms with Gasteiger partial charge in [-0.1, -0.05) is 59.6 Å². The van der Waals surface area contributed by atoms with Gasteiger partial charge in [-0.05, 0) is 32.0 Å². The maximum absolute atomic E-state index is 11.3. The third-order valence-electron chi connectivity index (χ3n) is 4.57. The van der Waals surface area contributed by atoms with Crippen molar-refractivity contribution in [3.05, 3.63) is 70.8 Å². The number of hydrogen-bond acceptors (Lipinski definition) is 4. The predicted molar refractivity (Wildman–Crippen MR) is 121 cm³/mol. The van der Waals surface area contributed by atoms with E-state index >= 15 is 0 Å². The number of rotatable bonds is 4. The van der Waals surface area contributed by atoms with E-state index in [1.165, 1.54) is 0 Å². The van der Waals surface area contributed by atoms with Crippen LogP contribution in [0.5, 0.6) is 5.75 Å². The van der Waals surface area contributed by atoms with Gasteiger partial charge in [0.1, 0.15) is 5.75 Å². The zero-order valence-corrected chi connectivity index (χ0v) is 17.5. The Balaban J connectivity index is 2.08. The second kappa shape index (κ2) is 7.90. The van der Waals surface area contributed by atoms with Gasteiger partial charge in [-0.15, -0.1) is 0 Å². The Bertz CT molecular complexity index is 1210. The molecule has 0 aliphatic heterocycles. The predicted octanol–water partition coefficient (Wildman–Crippen LogP) is 6.80. The van der Waals surface area contributed by atoms with Crippen molar-refractivity contribution in [1.82, 2.24) is 9.97 Å². The van der Waals surface area contributed by atoms with Crippen LogP contribution in [0.2, 0.25) is 10.0 Å². The van der Waals surface area contributed by atoms with Crippen molar-refractivity contribution in [2.75, 3.05) is 5.32 Å². The molecule has 4 rings (SSSR count). The molecule has 0 fully saturated rings. The molecule has 29 heavy (non-hydrogen) atoms. The van der Waals surface area contributed by atoms with E-state index in [0.29, 0.717) is 38.2 Å². The van der Waals surface area contributed by atoms with E-state index in [2.05, 4.69) is 15.3 Å². The molecule has 4 aromatic rings. The molecule has 1 aromatic heterocycles. The minimum atomic E-state index is 0.0768. The highest BCUT2D eigenvalue weighted by Gasteiger charge is 2.20. The topological polar surface area (TPSA) is 58.0 Å². The van der Waals surface area contributed by atoms with E-state index in [9.17, 15) is 5.11 Å². The second-order valence-corrected chi connectivity index (χ2v) is 7.85. The van der Waals surface area contributed by atoms with Gasteiger partial charge in [0.15, 0.2) is 0 Å². The average Bonchev–Trinajstić information content (AvgIpc) is 2.69. The molecule has 0 spiro atoms. The maximum atomic E-state index is 11.3. The number of nitrogens with one attached hydrogen (secondary N) is 1. The number of fused-ring (bicyclic) bond motifs is 1. The van der Waals surface area contributed by atoms with Gasteiger partial charge < -0.3 is 10.4 Å². The zero-order valence-electron chi connectivity index (χ0n) is 15.9. The van der Waals surface area contributed by atoms with E-state index in [1.807, 2.05) is 56.3 Å². The fraction of sp³-hybridized carbons (Fsp3) is 0.130. The molecule has 146 valence electrons. The first kappa shape index (κ1) is 19.5. The van der Waals surface area contributed by atoms with Crippen molar-refractivity contribution >= 4 is 40.1 Å². The molecule has 1 heterocycles. The summed E-state index contributed by atoms with van der Waals surface area (Å²) < 4.78 is 0. The lowest BCUT2D eigenvalue weighted by atomic mass is 9.94. The number of aromatic hydroxyl groups is 1. The summed E-state index contributed by atoms with van der Waals surface area (Å²) in [7, 11) is 0. The maximum Gasteiger partial charge on any atom is 0.223 e. The van der Waals surface area contributed by atoms with E-state index in [0.717, 1.165) is 10.9 Å². The lowest BCUT2D eigenvalue weighted by Gasteiger charge is -2.16. The second-order valence-electron chi connectivity index (χ2n) is 7.04. The lowest BCUT2D eigenvalue weighted by molar-refractivity contribution is 0.480. The number of benzene rings is 3. The quantitative estimate of drug-likeness (QED) is 0.378. The first-order valence-corrected chi connectivity index (χ1v) is 10.0. The fourth-order valence-corrected chi connectivity index (χ4v) is 3.77. The summed E-state index contributed by atoms with van der Waals surface area (Å²) in [6.07, 6.45) is 1.74. The third-order valence-corrected chi connectivity index (χ3v) is 5.23. The van der Waals surface area contributed by atoms with Crippen LogP contribution in [0.25, 0.3) is 33.2 Å². The summed E-state index contributed by atoms with van der Waals surface area (Å²) in [5.41, 5.74) is 3.19. The molecule has 0 amide bonds. The van der Waals surface area contributed by atoms with Crippen LogP contribution in [0, 0.1) is 0 Å². The summed E-state index contributed by atoms with van der Waals surface area (Å²) in [5.74, 6) is 0.568. The Morgan fingerprint density at radius 2 is 1.52 bits per heavy atom. The van der Waals surface area contributed by atoms with Crippen LogP contribution < -0.4 is 5.32 Å². The Morgan fingerprint density at radius 1 is 0.897 bits per heavy atom. The molecular weight excluding hydrogens is 405 g/mol. The third kappa shape index (κ3) is 3.74. The molecule has 0 aliphatic carbocycles. The SMILES string of the molecule is CC(C)Nc1ncc2cc(-c3ccccc3Cl)c(O)c(-c3ccccc3Cl)c2n1. The minimum Gasteiger partial charge on any atom is -0.507 e. The average molecular weight is 424 g/mol. The highest BCUT2D eigenvalue weighted by Crippen LogP contribution is 2.46. The number of hydrogen-bond donors (Lipinski definition) is 2. The molecule has 6 heteroatoms. The number of phenols is 1. The van der Waals surface area contributed by atoms with Crippen molar-refractivity contribution in [3.63, 3.8) is 0 Å². The van der Waals surface area contributed by atoms with E-state index < -0.39 is 0 Å². The first-order valence-electron chi connectivity index (χ1n) is 9.24. The summed E-state index contributed by atoms with van der Waals surface area (Å²) in [5, 5.41) is 16.4. The monoisotopic (exact) mass is 423 g/mol. The standard InChI is InChI=1S/C23H19Cl2N3O/c1-13(2)27-23-26-12-14-11-17(15-7-3-5-9-18(15)24)22(29)20(21(14)28-23)16-8-4-6-10-19(16)25/h3-13,29H,1-2H3,(H,26,27,28). The van der Waals surface area contributed by atoms with Gasteiger partial charge in [0.25, 0.3) is 0 Å². The van der Waals surface area contributed by atoms with Crippen LogP contribution in [0.1, 0.15) is 13.8 Å². The summed E-state index contributed by atoms with van der Waals surface area (Å²) in [4.78, 5) is 9.10. The van der Waals surface area contributed by atoms with E-state index in [1.54, 1.807) is 18.3 Å². The van der Waals surface area contributed by atoms with Crippen LogP contribution in [-0.2, 0) is 0 Å². The van der Waals surface area contributed by atoms with Crippen molar-refractivity contribution in [1.29, 1.82) is 0 Å². The largest absolute Gasteiger partial charge is 0.507 e. The molecule has 0 saturated carbocycles. The van der Waals surface area contributed by atoms with Gasteiger partial charge in [-0.3, -0.25) is 0 Å². The smallest absolute Gasteiger partial charge is 0.223 e. The molecule has 2 N–H and O–H groups in total.